The molecule has 5 nitrogen and oxygen atoms in total. The second-order valence-electron chi connectivity index (χ2n) is 6.39. The van der Waals surface area contributed by atoms with E-state index in [4.69, 9.17) is 4.74 Å². The number of halogens is 1. The molecule has 0 radical (unpaired) electrons. The molecular formula is C18H18FN3O2. The van der Waals surface area contributed by atoms with Gasteiger partial charge in [0.05, 0.1) is 18.0 Å². The molecule has 2 atom stereocenters. The smallest absolute Gasteiger partial charge is 0.256 e. The topological polar surface area (TPSA) is 55.3 Å². The summed E-state index contributed by atoms with van der Waals surface area (Å²) in [6.07, 6.45) is 9.56. The number of fused-ring (bicyclic) bond motifs is 2. The minimum atomic E-state index is -0.483. The minimum absolute atomic E-state index is 0.0846. The van der Waals surface area contributed by atoms with Crippen LogP contribution in [0.25, 0.3) is 0 Å². The number of hydrogen-bond acceptors (Lipinski definition) is 4. The van der Waals surface area contributed by atoms with Crippen LogP contribution in [0.15, 0.2) is 43.0 Å². The average Bonchev–Trinajstić information content (AvgIpc) is 2.86. The Balaban J connectivity index is 1.48. The first kappa shape index (κ1) is 15.1. The van der Waals surface area contributed by atoms with Crippen LogP contribution in [0, 0.1) is 5.82 Å². The first-order chi connectivity index (χ1) is 11.7. The van der Waals surface area contributed by atoms with Crippen molar-refractivity contribution in [3.8, 4) is 5.75 Å². The summed E-state index contributed by atoms with van der Waals surface area (Å²) in [6.45, 7) is 0. The average molecular weight is 327 g/mol. The Bertz CT molecular complexity index is 726. The molecule has 0 N–H and O–H groups in total. The number of ether oxygens (including phenoxy) is 1. The molecular weight excluding hydrogens is 309 g/mol. The lowest BCUT2D eigenvalue weighted by Gasteiger charge is -2.38. The highest BCUT2D eigenvalue weighted by molar-refractivity contribution is 5.94. The van der Waals surface area contributed by atoms with E-state index in [1.165, 1.54) is 12.3 Å². The van der Waals surface area contributed by atoms with Gasteiger partial charge in [-0.25, -0.2) is 4.39 Å². The number of aromatic nitrogens is 2. The third-order valence-corrected chi connectivity index (χ3v) is 4.81. The van der Waals surface area contributed by atoms with Crippen LogP contribution in [0.3, 0.4) is 0 Å². The van der Waals surface area contributed by atoms with Gasteiger partial charge < -0.3 is 9.64 Å². The maximum atomic E-state index is 13.3. The summed E-state index contributed by atoms with van der Waals surface area (Å²) in [4.78, 5) is 22.5. The Hall–Kier alpha value is -2.50. The molecule has 4 heterocycles. The van der Waals surface area contributed by atoms with Crippen molar-refractivity contribution in [1.29, 1.82) is 0 Å². The van der Waals surface area contributed by atoms with Gasteiger partial charge in [-0.3, -0.25) is 14.8 Å². The molecule has 2 aromatic rings. The fraction of sp³-hybridized carbons (Fsp3) is 0.389. The first-order valence-corrected chi connectivity index (χ1v) is 8.20. The van der Waals surface area contributed by atoms with Crippen molar-refractivity contribution in [1.82, 2.24) is 14.9 Å². The number of amides is 1. The summed E-state index contributed by atoms with van der Waals surface area (Å²) >= 11 is 0. The largest absolute Gasteiger partial charge is 0.489 e. The van der Waals surface area contributed by atoms with Crippen LogP contribution in [0.2, 0.25) is 0 Å². The minimum Gasteiger partial charge on any atom is -0.489 e. The lowest BCUT2D eigenvalue weighted by Crippen LogP contribution is -2.49. The lowest BCUT2D eigenvalue weighted by molar-refractivity contribution is 0.0357. The maximum absolute atomic E-state index is 13.3. The summed E-state index contributed by atoms with van der Waals surface area (Å²) in [5, 5.41) is 0. The first-order valence-electron chi connectivity index (χ1n) is 8.20. The molecule has 1 amide bonds. The van der Waals surface area contributed by atoms with Crippen LogP contribution < -0.4 is 4.74 Å². The molecule has 0 aliphatic carbocycles. The summed E-state index contributed by atoms with van der Waals surface area (Å²) in [5.74, 6) is 0.147. The number of hydrogen-bond donors (Lipinski definition) is 0. The van der Waals surface area contributed by atoms with Gasteiger partial charge in [0.2, 0.25) is 0 Å². The van der Waals surface area contributed by atoms with Crippen LogP contribution >= 0.6 is 0 Å². The van der Waals surface area contributed by atoms with Crippen molar-refractivity contribution < 1.29 is 13.9 Å². The van der Waals surface area contributed by atoms with E-state index in [1.807, 2.05) is 17.0 Å². The SMILES string of the molecule is O=C(c1cncc(F)c1)N1C2CCC1CC(Oc1cccnc1)C2. The zero-order valence-electron chi connectivity index (χ0n) is 13.1. The third-order valence-electron chi connectivity index (χ3n) is 4.81. The van der Waals surface area contributed by atoms with Crippen molar-refractivity contribution in [3.63, 3.8) is 0 Å². The van der Waals surface area contributed by atoms with Gasteiger partial charge in [0, 0.05) is 37.3 Å². The van der Waals surface area contributed by atoms with Crippen LogP contribution in [0.4, 0.5) is 4.39 Å². The molecule has 2 aliphatic heterocycles. The van der Waals surface area contributed by atoms with E-state index in [0.29, 0.717) is 5.56 Å². The van der Waals surface area contributed by atoms with Crippen LogP contribution in [0.1, 0.15) is 36.0 Å². The quantitative estimate of drug-likeness (QED) is 0.870. The molecule has 2 bridgehead atoms. The van der Waals surface area contributed by atoms with Crippen LogP contribution in [0.5, 0.6) is 5.75 Å². The molecule has 2 unspecified atom stereocenters. The van der Waals surface area contributed by atoms with E-state index in [2.05, 4.69) is 9.97 Å². The zero-order valence-corrected chi connectivity index (χ0v) is 13.1. The molecule has 2 aliphatic rings. The summed E-state index contributed by atoms with van der Waals surface area (Å²) in [5.41, 5.74) is 0.318. The zero-order chi connectivity index (χ0) is 16.5. The predicted molar refractivity (Wildman–Crippen MR) is 85.1 cm³/mol. The van der Waals surface area contributed by atoms with Crippen LogP contribution in [-0.2, 0) is 0 Å². The molecule has 0 spiro atoms. The van der Waals surface area contributed by atoms with Crippen molar-refractivity contribution in [2.75, 3.05) is 0 Å². The standard InChI is InChI=1S/C18H18FN3O2/c19-13-6-12(9-21-10-13)18(23)22-14-3-4-15(22)8-17(7-14)24-16-2-1-5-20-11-16/h1-2,5-6,9-11,14-15,17H,3-4,7-8H2. The Labute approximate surface area is 139 Å². The predicted octanol–water partition coefficient (Wildman–Crippen LogP) is 2.83. The highest BCUT2D eigenvalue weighted by Crippen LogP contribution is 2.38. The monoisotopic (exact) mass is 327 g/mol. The fourth-order valence-electron chi connectivity index (χ4n) is 3.84. The number of carbonyl (C=O) groups excluding carboxylic acids is 1. The molecule has 4 rings (SSSR count). The molecule has 0 saturated carbocycles. The molecule has 2 aromatic heterocycles. The Kier molecular flexibility index (Phi) is 3.88. The number of piperidine rings is 1. The van der Waals surface area contributed by atoms with E-state index in [9.17, 15) is 9.18 Å². The third kappa shape index (κ3) is 2.84. The summed E-state index contributed by atoms with van der Waals surface area (Å²) in [6, 6.07) is 5.28. The van der Waals surface area contributed by atoms with Crippen molar-refractivity contribution in [2.45, 2.75) is 43.9 Å². The second kappa shape index (κ2) is 6.19. The van der Waals surface area contributed by atoms with Gasteiger partial charge in [-0.2, -0.15) is 0 Å². The van der Waals surface area contributed by atoms with Crippen molar-refractivity contribution >= 4 is 5.91 Å². The van der Waals surface area contributed by atoms with E-state index >= 15 is 0 Å². The Morgan fingerprint density at radius 1 is 1.17 bits per heavy atom. The van der Waals surface area contributed by atoms with E-state index in [0.717, 1.165) is 37.6 Å². The molecule has 0 aromatic carbocycles. The summed E-state index contributed by atoms with van der Waals surface area (Å²) in [7, 11) is 0. The molecule has 124 valence electrons. The normalized spacial score (nSPS) is 25.5. The van der Waals surface area contributed by atoms with Gasteiger partial charge in [-0.1, -0.05) is 0 Å². The molecule has 2 saturated heterocycles. The summed E-state index contributed by atoms with van der Waals surface area (Å²) < 4.78 is 19.4. The molecule has 6 heteroatoms. The van der Waals surface area contributed by atoms with Gasteiger partial charge in [0.15, 0.2) is 0 Å². The van der Waals surface area contributed by atoms with Gasteiger partial charge in [0.1, 0.15) is 17.7 Å². The van der Waals surface area contributed by atoms with Gasteiger partial charge in [-0.15, -0.1) is 0 Å². The Morgan fingerprint density at radius 2 is 1.96 bits per heavy atom. The molecule has 2 fully saturated rings. The van der Waals surface area contributed by atoms with Gasteiger partial charge in [0.25, 0.3) is 5.91 Å². The molecule has 24 heavy (non-hydrogen) atoms. The Morgan fingerprint density at radius 3 is 2.62 bits per heavy atom. The van der Waals surface area contributed by atoms with E-state index in [1.54, 1.807) is 12.4 Å². The number of nitrogens with zero attached hydrogens (tertiary/aromatic N) is 3. The van der Waals surface area contributed by atoms with Crippen molar-refractivity contribution in [3.05, 3.63) is 54.4 Å². The van der Waals surface area contributed by atoms with Gasteiger partial charge in [-0.05, 0) is 31.0 Å². The highest BCUT2D eigenvalue weighted by atomic mass is 19.1. The number of carbonyl (C=O) groups is 1. The highest BCUT2D eigenvalue weighted by Gasteiger charge is 2.44. The second-order valence-corrected chi connectivity index (χ2v) is 6.39. The van der Waals surface area contributed by atoms with Crippen molar-refractivity contribution in [2.24, 2.45) is 0 Å². The fourth-order valence-corrected chi connectivity index (χ4v) is 3.84. The lowest BCUT2D eigenvalue weighted by atomic mass is 9.98. The van der Waals surface area contributed by atoms with Crippen LogP contribution in [-0.4, -0.2) is 39.0 Å². The van der Waals surface area contributed by atoms with E-state index < -0.39 is 5.82 Å². The number of pyridine rings is 2. The number of rotatable bonds is 3. The van der Waals surface area contributed by atoms with Gasteiger partial charge >= 0.3 is 0 Å². The maximum Gasteiger partial charge on any atom is 0.256 e. The van der Waals surface area contributed by atoms with E-state index in [-0.39, 0.29) is 24.1 Å².